The minimum Gasteiger partial charge on any atom is -0.741 e. The maximum Gasteiger partial charge on any atom is 0.513 e. The summed E-state index contributed by atoms with van der Waals surface area (Å²) in [6, 6.07) is 18.1. The Morgan fingerprint density at radius 2 is 1.59 bits per heavy atom. The molecule has 29 heavy (non-hydrogen) atoms. The van der Waals surface area contributed by atoms with Gasteiger partial charge in [0.05, 0.1) is 7.11 Å². The minimum atomic E-state index is -6.09. The Hall–Kier alpha value is -2.24. The molecule has 0 spiro atoms. The van der Waals surface area contributed by atoms with Crippen LogP contribution in [0.4, 0.5) is 18.0 Å². The summed E-state index contributed by atoms with van der Waals surface area (Å²) in [5.74, 6) is 1.62. The number of hydrogen-bond acceptors (Lipinski definition) is 6. The highest BCUT2D eigenvalue weighted by molar-refractivity contribution is 7.96. The molecule has 0 aliphatic rings. The van der Waals surface area contributed by atoms with Crippen LogP contribution in [0.2, 0.25) is 0 Å². The fraction of sp³-hybridized carbons (Fsp3) is 0.278. The smallest absolute Gasteiger partial charge is 0.513 e. The number of methoxy groups -OCH3 is 1. The zero-order chi connectivity index (χ0) is 22.1. The summed E-state index contributed by atoms with van der Waals surface area (Å²) < 4.78 is 68.3. The summed E-state index contributed by atoms with van der Waals surface area (Å²) in [6.45, 7) is 0. The number of carbonyl (C=O) groups excluding carboxylic acids is 1. The van der Waals surface area contributed by atoms with Crippen LogP contribution in [0.5, 0.6) is 5.75 Å². The zero-order valence-electron chi connectivity index (χ0n) is 15.5. The maximum atomic E-state index is 11.0. The van der Waals surface area contributed by atoms with Gasteiger partial charge in [-0.05, 0) is 29.8 Å². The number of aryl methyl sites for hydroxylation is 1. The standard InChI is InChI=1S/C17H19O3S.CHF3O3S/c1-19-17(18)20-15-8-10-16(11-9-15)21(2)13-12-14-6-4-3-5-7-14;2-1(3,4)8(5,6)7/h3-11H,12-13H2,1-2H3;(H,5,6,7)/q+1;/p-1. The van der Waals surface area contributed by atoms with Crippen LogP contribution < -0.4 is 4.74 Å². The molecular weight excluding hydrogens is 433 g/mol. The molecule has 0 amide bonds. The zero-order valence-corrected chi connectivity index (χ0v) is 17.1. The maximum absolute atomic E-state index is 11.0. The van der Waals surface area contributed by atoms with Gasteiger partial charge in [0.15, 0.2) is 15.0 Å². The molecule has 0 fully saturated rings. The van der Waals surface area contributed by atoms with E-state index in [1.807, 2.05) is 18.2 Å². The van der Waals surface area contributed by atoms with Gasteiger partial charge in [-0.25, -0.2) is 13.2 Å². The first-order valence-electron chi connectivity index (χ1n) is 7.98. The summed E-state index contributed by atoms with van der Waals surface area (Å²) in [5.41, 5.74) is -4.28. The SMILES string of the molecule is COC(=O)Oc1ccc([S+](C)CCc2ccccc2)cc1.O=S(=O)([O-])C(F)(F)F. The second-order valence-corrected chi connectivity index (χ2v) is 9.03. The molecule has 6 nitrogen and oxygen atoms in total. The lowest BCUT2D eigenvalue weighted by Gasteiger charge is -2.08. The lowest BCUT2D eigenvalue weighted by molar-refractivity contribution is -0.0517. The van der Waals surface area contributed by atoms with Gasteiger partial charge in [-0.3, -0.25) is 0 Å². The Labute approximate surface area is 169 Å². The molecule has 2 aromatic carbocycles. The highest BCUT2D eigenvalue weighted by Gasteiger charge is 2.36. The number of rotatable bonds is 5. The monoisotopic (exact) mass is 452 g/mol. The molecule has 0 bridgehead atoms. The molecule has 1 atom stereocenters. The highest BCUT2D eigenvalue weighted by Crippen LogP contribution is 2.20. The second-order valence-electron chi connectivity index (χ2n) is 5.50. The van der Waals surface area contributed by atoms with Gasteiger partial charge in [-0.1, -0.05) is 30.3 Å². The van der Waals surface area contributed by atoms with E-state index in [0.29, 0.717) is 5.75 Å². The number of benzene rings is 2. The van der Waals surface area contributed by atoms with Crippen molar-refractivity contribution < 1.29 is 40.4 Å². The fourth-order valence-corrected chi connectivity index (χ4v) is 3.29. The van der Waals surface area contributed by atoms with Gasteiger partial charge in [0, 0.05) is 17.3 Å². The number of carbonyl (C=O) groups is 1. The fourth-order valence-electron chi connectivity index (χ4n) is 1.91. The largest absolute Gasteiger partial charge is 0.741 e. The quantitative estimate of drug-likeness (QED) is 0.226. The van der Waals surface area contributed by atoms with Crippen molar-refractivity contribution in [2.45, 2.75) is 16.8 Å². The second kappa shape index (κ2) is 11.1. The summed E-state index contributed by atoms with van der Waals surface area (Å²) in [5, 5.41) is 0. The van der Waals surface area contributed by atoms with Crippen molar-refractivity contribution in [3.8, 4) is 5.75 Å². The number of alkyl halides is 3. The Morgan fingerprint density at radius 3 is 2.03 bits per heavy atom. The van der Waals surface area contributed by atoms with E-state index in [-0.39, 0.29) is 10.9 Å². The van der Waals surface area contributed by atoms with E-state index < -0.39 is 21.8 Å². The van der Waals surface area contributed by atoms with E-state index in [0.717, 1.165) is 12.2 Å². The average molecular weight is 452 g/mol. The van der Waals surface area contributed by atoms with E-state index in [1.54, 1.807) is 12.1 Å². The van der Waals surface area contributed by atoms with Gasteiger partial charge >= 0.3 is 11.7 Å². The molecule has 160 valence electrons. The summed E-state index contributed by atoms with van der Waals surface area (Å²) in [6.07, 6.45) is 2.61. The van der Waals surface area contributed by atoms with Crippen LogP contribution in [-0.2, 0) is 32.2 Å². The molecule has 0 aromatic heterocycles. The van der Waals surface area contributed by atoms with Crippen LogP contribution in [0.25, 0.3) is 0 Å². The molecule has 0 aliphatic heterocycles. The predicted molar refractivity (Wildman–Crippen MR) is 102 cm³/mol. The van der Waals surface area contributed by atoms with Crippen molar-refractivity contribution in [3.63, 3.8) is 0 Å². The van der Waals surface area contributed by atoms with E-state index in [2.05, 4.69) is 35.3 Å². The third-order valence-electron chi connectivity index (χ3n) is 3.42. The third-order valence-corrected chi connectivity index (χ3v) is 5.88. The van der Waals surface area contributed by atoms with Gasteiger partial charge in [0.2, 0.25) is 0 Å². The molecule has 2 aromatic rings. The van der Waals surface area contributed by atoms with Crippen molar-refractivity contribution in [1.82, 2.24) is 0 Å². The lowest BCUT2D eigenvalue weighted by Crippen LogP contribution is -2.21. The Morgan fingerprint density at radius 1 is 1.07 bits per heavy atom. The van der Waals surface area contributed by atoms with E-state index in [9.17, 15) is 18.0 Å². The van der Waals surface area contributed by atoms with Gasteiger partial charge < -0.3 is 14.0 Å². The van der Waals surface area contributed by atoms with Crippen LogP contribution in [-0.4, -0.2) is 43.8 Å². The van der Waals surface area contributed by atoms with Crippen molar-refractivity contribution in [2.24, 2.45) is 0 Å². The molecule has 0 saturated carbocycles. The van der Waals surface area contributed by atoms with Crippen LogP contribution in [0.3, 0.4) is 0 Å². The minimum absolute atomic E-state index is 0.172. The van der Waals surface area contributed by atoms with E-state index in [1.165, 1.54) is 17.6 Å². The molecule has 0 radical (unpaired) electrons. The van der Waals surface area contributed by atoms with Crippen LogP contribution in [0, 0.1) is 0 Å². The van der Waals surface area contributed by atoms with Gasteiger partial charge in [-0.15, -0.1) is 0 Å². The predicted octanol–water partition coefficient (Wildman–Crippen LogP) is 3.73. The first-order chi connectivity index (χ1) is 13.4. The number of halogens is 3. The van der Waals surface area contributed by atoms with Crippen molar-refractivity contribution in [3.05, 3.63) is 60.2 Å². The van der Waals surface area contributed by atoms with Gasteiger partial charge in [0.25, 0.3) is 0 Å². The van der Waals surface area contributed by atoms with Crippen molar-refractivity contribution in [1.29, 1.82) is 0 Å². The highest BCUT2D eigenvalue weighted by atomic mass is 32.2. The van der Waals surface area contributed by atoms with Crippen LogP contribution >= 0.6 is 0 Å². The molecule has 0 N–H and O–H groups in total. The van der Waals surface area contributed by atoms with E-state index >= 15 is 0 Å². The number of hydrogen-bond donors (Lipinski definition) is 0. The van der Waals surface area contributed by atoms with Gasteiger partial charge in [-0.2, -0.15) is 13.2 Å². The van der Waals surface area contributed by atoms with Crippen LogP contribution in [0.15, 0.2) is 59.5 Å². The molecule has 11 heteroatoms. The Kier molecular flexibility index (Phi) is 9.47. The molecule has 2 rings (SSSR count). The summed E-state index contributed by atoms with van der Waals surface area (Å²) in [4.78, 5) is 12.3. The van der Waals surface area contributed by atoms with E-state index in [4.69, 9.17) is 17.7 Å². The first-order valence-corrected chi connectivity index (χ1v) is 11.2. The topological polar surface area (TPSA) is 92.7 Å². The molecule has 1 unspecified atom stereocenters. The number of ether oxygens (including phenoxy) is 2. The molecule has 0 aliphatic carbocycles. The van der Waals surface area contributed by atoms with Crippen molar-refractivity contribution in [2.75, 3.05) is 19.1 Å². The Balaban J connectivity index is 0.000000447. The van der Waals surface area contributed by atoms with Crippen LogP contribution in [0.1, 0.15) is 5.56 Å². The van der Waals surface area contributed by atoms with Gasteiger partial charge in [0.1, 0.15) is 17.8 Å². The average Bonchev–Trinajstić information content (AvgIpc) is 2.66. The summed E-state index contributed by atoms with van der Waals surface area (Å²) >= 11 is 0. The third kappa shape index (κ3) is 9.20. The normalized spacial score (nSPS) is 12.3. The first kappa shape index (κ1) is 24.8. The summed E-state index contributed by atoms with van der Waals surface area (Å²) in [7, 11) is -4.62. The Bertz CT molecular complexity index is 869. The molecular formula is C18H19F3O6S2. The molecule has 0 saturated heterocycles. The lowest BCUT2D eigenvalue weighted by atomic mass is 10.2. The van der Waals surface area contributed by atoms with Crippen molar-refractivity contribution >= 4 is 27.2 Å². The molecule has 0 heterocycles.